The highest BCUT2D eigenvalue weighted by Gasteiger charge is 2.27. The van der Waals surface area contributed by atoms with E-state index in [2.05, 4.69) is 60.3 Å². The van der Waals surface area contributed by atoms with E-state index in [1.807, 2.05) is 19.1 Å². The highest BCUT2D eigenvalue weighted by molar-refractivity contribution is 5.85. The third-order valence-electron chi connectivity index (χ3n) is 4.63. The van der Waals surface area contributed by atoms with Gasteiger partial charge in [-0.25, -0.2) is 0 Å². The third kappa shape index (κ3) is 4.75. The van der Waals surface area contributed by atoms with E-state index in [9.17, 15) is 0 Å². The Morgan fingerprint density at radius 1 is 1.35 bits per heavy atom. The Morgan fingerprint density at radius 2 is 2.12 bits per heavy atom. The van der Waals surface area contributed by atoms with Gasteiger partial charge in [-0.15, -0.1) is 12.4 Å². The third-order valence-corrected chi connectivity index (χ3v) is 4.63. The molecule has 0 radical (unpaired) electrons. The van der Waals surface area contributed by atoms with Gasteiger partial charge in [-0.1, -0.05) is 38.1 Å². The van der Waals surface area contributed by atoms with Crippen LogP contribution in [-0.2, 0) is 5.41 Å². The summed E-state index contributed by atoms with van der Waals surface area (Å²) in [7, 11) is 2.08. The van der Waals surface area contributed by atoms with Crippen molar-refractivity contribution in [3.8, 4) is 5.75 Å². The number of rotatable bonds is 4. The molecule has 2 heterocycles. The van der Waals surface area contributed by atoms with Crippen LogP contribution in [0.3, 0.4) is 0 Å². The number of nitrogens with zero attached hydrogens (tertiary/aromatic N) is 3. The van der Waals surface area contributed by atoms with Crippen molar-refractivity contribution in [3.05, 3.63) is 41.5 Å². The highest BCUT2D eigenvalue weighted by atomic mass is 35.5. The summed E-state index contributed by atoms with van der Waals surface area (Å²) in [5.74, 6) is 2.04. The molecular weight excluding hydrogens is 352 g/mol. The molecule has 0 amide bonds. The van der Waals surface area contributed by atoms with Gasteiger partial charge in [0.05, 0.1) is 6.04 Å². The first-order valence-electron chi connectivity index (χ1n) is 8.86. The molecule has 26 heavy (non-hydrogen) atoms. The van der Waals surface area contributed by atoms with Gasteiger partial charge in [0.1, 0.15) is 5.75 Å². The van der Waals surface area contributed by atoms with Crippen LogP contribution in [-0.4, -0.2) is 41.7 Å². The van der Waals surface area contributed by atoms with Crippen LogP contribution in [0.2, 0.25) is 0 Å². The first-order chi connectivity index (χ1) is 11.8. The molecule has 2 unspecified atom stereocenters. The lowest BCUT2D eigenvalue weighted by Gasteiger charge is -2.30. The number of hydrogen-bond donors (Lipinski definition) is 1. The molecule has 0 bridgehead atoms. The van der Waals surface area contributed by atoms with Gasteiger partial charge in [-0.05, 0) is 37.1 Å². The van der Waals surface area contributed by atoms with E-state index in [4.69, 9.17) is 9.26 Å². The molecule has 1 aliphatic rings. The van der Waals surface area contributed by atoms with Crippen molar-refractivity contribution in [1.29, 1.82) is 0 Å². The average Bonchev–Trinajstić information content (AvgIpc) is 3.04. The summed E-state index contributed by atoms with van der Waals surface area (Å²) in [4.78, 5) is 6.81. The number of likely N-dealkylation sites (N-methyl/N-ethyl adjacent to an activating group) is 1. The monoisotopic (exact) mass is 380 g/mol. The lowest BCUT2D eigenvalue weighted by atomic mass is 9.87. The van der Waals surface area contributed by atoms with Crippen molar-refractivity contribution < 1.29 is 9.26 Å². The van der Waals surface area contributed by atoms with Crippen LogP contribution in [0.1, 0.15) is 57.1 Å². The predicted molar refractivity (Wildman–Crippen MR) is 104 cm³/mol. The smallest absolute Gasteiger partial charge is 0.267 e. The summed E-state index contributed by atoms with van der Waals surface area (Å²) < 4.78 is 11.5. The first-order valence-corrected chi connectivity index (χ1v) is 8.86. The summed E-state index contributed by atoms with van der Waals surface area (Å²) in [5, 5.41) is 7.53. The Bertz CT molecular complexity index is 714. The van der Waals surface area contributed by atoms with Gasteiger partial charge in [-0.3, -0.25) is 4.90 Å². The number of nitrogens with one attached hydrogen (secondary N) is 1. The quantitative estimate of drug-likeness (QED) is 0.875. The Labute approximate surface area is 161 Å². The molecule has 6 nitrogen and oxygen atoms in total. The van der Waals surface area contributed by atoms with E-state index < -0.39 is 0 Å². The molecule has 3 rings (SSSR count). The number of halogens is 1. The van der Waals surface area contributed by atoms with Crippen LogP contribution in [0.5, 0.6) is 5.75 Å². The second kappa shape index (κ2) is 8.37. The minimum atomic E-state index is -0.293. The fraction of sp³-hybridized carbons (Fsp3) is 0.579. The zero-order valence-corrected chi connectivity index (χ0v) is 17.0. The molecule has 0 spiro atoms. The summed E-state index contributed by atoms with van der Waals surface area (Å²) in [6.45, 7) is 11.3. The summed E-state index contributed by atoms with van der Waals surface area (Å²) in [6.07, 6.45) is -0.293. The molecule has 1 aromatic heterocycles. The lowest BCUT2D eigenvalue weighted by molar-refractivity contribution is 0.173. The molecular formula is C19H29ClN4O2. The average molecular weight is 381 g/mol. The zero-order chi connectivity index (χ0) is 18.0. The maximum Gasteiger partial charge on any atom is 0.267 e. The fourth-order valence-corrected chi connectivity index (χ4v) is 2.93. The van der Waals surface area contributed by atoms with Gasteiger partial charge in [-0.2, -0.15) is 4.98 Å². The van der Waals surface area contributed by atoms with Crippen LogP contribution >= 0.6 is 12.4 Å². The van der Waals surface area contributed by atoms with E-state index in [1.54, 1.807) is 0 Å². The SMILES string of the molecule is CC(Oc1cccc(C(C)(C)C)c1)c1nc(C2CNCCN2C)no1.Cl. The second-order valence-electron chi connectivity index (χ2n) is 7.73. The Morgan fingerprint density at radius 3 is 2.81 bits per heavy atom. The largest absolute Gasteiger partial charge is 0.481 e. The van der Waals surface area contributed by atoms with Gasteiger partial charge < -0.3 is 14.6 Å². The summed E-state index contributed by atoms with van der Waals surface area (Å²) >= 11 is 0. The molecule has 1 aromatic carbocycles. The van der Waals surface area contributed by atoms with Crippen molar-refractivity contribution in [1.82, 2.24) is 20.4 Å². The molecule has 0 saturated carbocycles. The number of aromatic nitrogens is 2. The van der Waals surface area contributed by atoms with E-state index in [0.717, 1.165) is 25.4 Å². The van der Waals surface area contributed by atoms with Crippen LogP contribution in [0.15, 0.2) is 28.8 Å². The normalized spacial score (nSPS) is 19.7. The maximum atomic E-state index is 6.04. The number of benzene rings is 1. The van der Waals surface area contributed by atoms with Gasteiger partial charge in [0.25, 0.3) is 5.89 Å². The summed E-state index contributed by atoms with van der Waals surface area (Å²) in [6, 6.07) is 8.32. The second-order valence-corrected chi connectivity index (χ2v) is 7.73. The lowest BCUT2D eigenvalue weighted by Crippen LogP contribution is -2.44. The van der Waals surface area contributed by atoms with Gasteiger partial charge >= 0.3 is 0 Å². The van der Waals surface area contributed by atoms with Gasteiger partial charge in [0, 0.05) is 19.6 Å². The van der Waals surface area contributed by atoms with Crippen molar-refractivity contribution in [3.63, 3.8) is 0 Å². The zero-order valence-electron chi connectivity index (χ0n) is 16.2. The van der Waals surface area contributed by atoms with Gasteiger partial charge in [0.15, 0.2) is 11.9 Å². The van der Waals surface area contributed by atoms with Gasteiger partial charge in [0.2, 0.25) is 0 Å². The maximum absolute atomic E-state index is 6.04. The number of hydrogen-bond acceptors (Lipinski definition) is 6. The summed E-state index contributed by atoms with van der Waals surface area (Å²) in [5.41, 5.74) is 1.32. The predicted octanol–water partition coefficient (Wildman–Crippen LogP) is 3.51. The van der Waals surface area contributed by atoms with Crippen LogP contribution < -0.4 is 10.1 Å². The molecule has 1 N–H and O–H groups in total. The number of piperazine rings is 1. The van der Waals surface area contributed by atoms with E-state index in [0.29, 0.717) is 11.7 Å². The van der Waals surface area contributed by atoms with Crippen LogP contribution in [0.25, 0.3) is 0 Å². The Hall–Kier alpha value is -1.63. The minimum absolute atomic E-state index is 0. The fourth-order valence-electron chi connectivity index (χ4n) is 2.93. The van der Waals surface area contributed by atoms with E-state index >= 15 is 0 Å². The van der Waals surface area contributed by atoms with Crippen molar-refractivity contribution in [2.45, 2.75) is 45.3 Å². The molecule has 2 aromatic rings. The molecule has 2 atom stereocenters. The Kier molecular flexibility index (Phi) is 6.66. The van der Waals surface area contributed by atoms with Crippen LogP contribution in [0, 0.1) is 0 Å². The first kappa shape index (κ1) is 20.7. The highest BCUT2D eigenvalue weighted by Crippen LogP contribution is 2.28. The molecule has 1 aliphatic heterocycles. The standard InChI is InChI=1S/C19H28N4O2.ClH/c1-13(24-15-8-6-7-14(11-15)19(2,3)4)18-21-17(22-25-18)16-12-20-9-10-23(16)5;/h6-8,11,13,16,20H,9-10,12H2,1-5H3;1H. The van der Waals surface area contributed by atoms with Crippen molar-refractivity contribution in [2.24, 2.45) is 0 Å². The molecule has 7 heteroatoms. The van der Waals surface area contributed by atoms with Crippen molar-refractivity contribution in [2.75, 3.05) is 26.7 Å². The van der Waals surface area contributed by atoms with Crippen LogP contribution in [0.4, 0.5) is 0 Å². The van der Waals surface area contributed by atoms with E-state index in [-0.39, 0.29) is 30.0 Å². The Balaban J connectivity index is 0.00000243. The molecule has 1 saturated heterocycles. The topological polar surface area (TPSA) is 63.4 Å². The molecule has 144 valence electrons. The number of ether oxygens (including phenoxy) is 1. The minimum Gasteiger partial charge on any atom is -0.481 e. The van der Waals surface area contributed by atoms with Crippen molar-refractivity contribution >= 4 is 12.4 Å². The molecule has 0 aliphatic carbocycles. The molecule has 1 fully saturated rings. The van der Waals surface area contributed by atoms with E-state index in [1.165, 1.54) is 5.56 Å².